The number of thiophene rings is 1. The predicted octanol–water partition coefficient (Wildman–Crippen LogP) is 3.15. The summed E-state index contributed by atoms with van der Waals surface area (Å²) < 4.78 is 6.62. The van der Waals surface area contributed by atoms with Gasteiger partial charge in [0.25, 0.3) is 0 Å². The highest BCUT2D eigenvalue weighted by molar-refractivity contribution is 7.19. The molecular weight excluding hydrogens is 232 g/mol. The van der Waals surface area contributed by atoms with Crippen molar-refractivity contribution >= 4 is 21.4 Å². The van der Waals surface area contributed by atoms with Crippen LogP contribution in [0.15, 0.2) is 30.3 Å². The van der Waals surface area contributed by atoms with Gasteiger partial charge in [0.1, 0.15) is 5.60 Å². The molecule has 1 aromatic carbocycles. The minimum Gasteiger partial charge on any atom is -0.384 e. The topological polar surface area (TPSA) is 29.5 Å². The molecule has 0 radical (unpaired) electrons. The normalized spacial score (nSPS) is 24.0. The third-order valence-corrected chi connectivity index (χ3v) is 4.99. The average molecular weight is 248 g/mol. The fraction of sp³-hybridized carbons (Fsp3) is 0.429. The first-order valence-corrected chi connectivity index (χ1v) is 6.79. The Morgan fingerprint density at radius 1 is 1.41 bits per heavy atom. The van der Waals surface area contributed by atoms with Crippen LogP contribution in [0.2, 0.25) is 0 Å². The summed E-state index contributed by atoms with van der Waals surface area (Å²) in [5.41, 5.74) is -0.764. The summed E-state index contributed by atoms with van der Waals surface area (Å²) in [5.74, 6) is 0.218. The van der Waals surface area contributed by atoms with Crippen molar-refractivity contribution in [1.82, 2.24) is 0 Å². The standard InChI is InChI=1S/C14H16O2S/c1-14(15,11-6-7-16-9-11)13-8-10-4-2-3-5-12(10)17-13/h2-5,8,11,15H,6-7,9H2,1H3. The second-order valence-electron chi connectivity index (χ2n) is 4.86. The lowest BCUT2D eigenvalue weighted by atomic mass is 9.87. The Labute approximate surface area is 105 Å². The summed E-state index contributed by atoms with van der Waals surface area (Å²) in [4.78, 5) is 1.05. The largest absolute Gasteiger partial charge is 0.384 e. The molecule has 0 aliphatic carbocycles. The van der Waals surface area contributed by atoms with Crippen molar-refractivity contribution < 1.29 is 9.84 Å². The van der Waals surface area contributed by atoms with Gasteiger partial charge in [-0.15, -0.1) is 11.3 Å². The number of fused-ring (bicyclic) bond motifs is 1. The van der Waals surface area contributed by atoms with Gasteiger partial charge >= 0.3 is 0 Å². The van der Waals surface area contributed by atoms with Crippen molar-refractivity contribution in [3.8, 4) is 0 Å². The minimum absolute atomic E-state index is 0.218. The molecule has 1 fully saturated rings. The molecule has 2 unspecified atom stereocenters. The molecule has 1 saturated heterocycles. The van der Waals surface area contributed by atoms with E-state index in [2.05, 4.69) is 18.2 Å². The predicted molar refractivity (Wildman–Crippen MR) is 70.3 cm³/mol. The molecule has 1 aliphatic rings. The fourth-order valence-corrected chi connectivity index (χ4v) is 3.60. The quantitative estimate of drug-likeness (QED) is 0.884. The first-order chi connectivity index (χ1) is 8.18. The Balaban J connectivity index is 2.01. The zero-order valence-electron chi connectivity index (χ0n) is 9.85. The molecule has 0 saturated carbocycles. The van der Waals surface area contributed by atoms with Gasteiger partial charge in [-0.2, -0.15) is 0 Å². The Morgan fingerprint density at radius 3 is 2.94 bits per heavy atom. The van der Waals surface area contributed by atoms with Gasteiger partial charge in [-0.3, -0.25) is 0 Å². The first kappa shape index (κ1) is 11.2. The molecule has 1 aliphatic heterocycles. The van der Waals surface area contributed by atoms with Gasteiger partial charge in [0, 0.05) is 22.1 Å². The van der Waals surface area contributed by atoms with Gasteiger partial charge in [0.15, 0.2) is 0 Å². The van der Waals surface area contributed by atoms with Crippen molar-refractivity contribution in [2.24, 2.45) is 5.92 Å². The van der Waals surface area contributed by atoms with Gasteiger partial charge in [-0.25, -0.2) is 0 Å². The molecular formula is C14H16O2S. The Morgan fingerprint density at radius 2 is 2.24 bits per heavy atom. The number of ether oxygens (including phenoxy) is 1. The van der Waals surface area contributed by atoms with Crippen LogP contribution in [0.25, 0.3) is 10.1 Å². The lowest BCUT2D eigenvalue weighted by Gasteiger charge is -2.27. The van der Waals surface area contributed by atoms with E-state index >= 15 is 0 Å². The lowest BCUT2D eigenvalue weighted by molar-refractivity contribution is -0.00639. The number of benzene rings is 1. The minimum atomic E-state index is -0.764. The van der Waals surface area contributed by atoms with E-state index < -0.39 is 5.60 Å². The Hall–Kier alpha value is -0.900. The lowest BCUT2D eigenvalue weighted by Crippen LogP contribution is -2.31. The third-order valence-electron chi connectivity index (χ3n) is 3.65. The van der Waals surface area contributed by atoms with Crippen LogP contribution in [0.1, 0.15) is 18.2 Å². The maximum Gasteiger partial charge on any atom is 0.101 e. The van der Waals surface area contributed by atoms with Crippen LogP contribution >= 0.6 is 11.3 Å². The SMILES string of the molecule is CC(O)(c1cc2ccccc2s1)C1CCOC1. The molecule has 1 N–H and O–H groups in total. The van der Waals surface area contributed by atoms with Gasteiger partial charge in [-0.05, 0) is 30.9 Å². The summed E-state index contributed by atoms with van der Waals surface area (Å²) >= 11 is 1.69. The molecule has 90 valence electrons. The third kappa shape index (κ3) is 1.88. The summed E-state index contributed by atoms with van der Waals surface area (Å²) in [7, 11) is 0. The van der Waals surface area contributed by atoms with E-state index in [1.54, 1.807) is 11.3 Å². The van der Waals surface area contributed by atoms with E-state index in [-0.39, 0.29) is 5.92 Å². The van der Waals surface area contributed by atoms with E-state index in [0.717, 1.165) is 17.9 Å². The molecule has 2 atom stereocenters. The highest BCUT2D eigenvalue weighted by Crippen LogP contribution is 2.40. The highest BCUT2D eigenvalue weighted by atomic mass is 32.1. The zero-order valence-corrected chi connectivity index (χ0v) is 10.7. The van der Waals surface area contributed by atoms with Crippen LogP contribution in [-0.2, 0) is 10.3 Å². The van der Waals surface area contributed by atoms with Crippen molar-refractivity contribution in [2.45, 2.75) is 18.9 Å². The number of rotatable bonds is 2. The van der Waals surface area contributed by atoms with Gasteiger partial charge in [0.2, 0.25) is 0 Å². The van der Waals surface area contributed by atoms with Crippen LogP contribution in [-0.4, -0.2) is 18.3 Å². The molecule has 2 heterocycles. The summed E-state index contributed by atoms with van der Waals surface area (Å²) in [5, 5.41) is 11.9. The van der Waals surface area contributed by atoms with E-state index in [1.807, 2.05) is 19.1 Å². The second-order valence-corrected chi connectivity index (χ2v) is 5.94. The first-order valence-electron chi connectivity index (χ1n) is 5.97. The zero-order chi connectivity index (χ0) is 11.9. The molecule has 1 aromatic heterocycles. The van der Waals surface area contributed by atoms with Gasteiger partial charge in [0.05, 0.1) is 6.61 Å². The molecule has 0 bridgehead atoms. The fourth-order valence-electron chi connectivity index (χ4n) is 2.41. The van der Waals surface area contributed by atoms with Crippen molar-refractivity contribution in [3.63, 3.8) is 0 Å². The Bertz CT molecular complexity index is 491. The summed E-state index contributed by atoms with van der Waals surface area (Å²) in [6, 6.07) is 10.4. The van der Waals surface area contributed by atoms with Crippen molar-refractivity contribution in [3.05, 3.63) is 35.2 Å². The van der Waals surface area contributed by atoms with E-state index in [0.29, 0.717) is 6.61 Å². The maximum atomic E-state index is 10.7. The molecule has 3 rings (SSSR count). The van der Waals surface area contributed by atoms with Crippen LogP contribution < -0.4 is 0 Å². The number of aliphatic hydroxyl groups is 1. The van der Waals surface area contributed by atoms with E-state index in [1.165, 1.54) is 10.1 Å². The van der Waals surface area contributed by atoms with Crippen molar-refractivity contribution in [2.75, 3.05) is 13.2 Å². The molecule has 0 amide bonds. The van der Waals surface area contributed by atoms with Crippen LogP contribution in [0, 0.1) is 5.92 Å². The van der Waals surface area contributed by atoms with E-state index in [9.17, 15) is 5.11 Å². The van der Waals surface area contributed by atoms with Gasteiger partial charge in [-0.1, -0.05) is 18.2 Å². The Kier molecular flexibility index (Phi) is 2.69. The second kappa shape index (κ2) is 4.09. The van der Waals surface area contributed by atoms with Crippen molar-refractivity contribution in [1.29, 1.82) is 0 Å². The van der Waals surface area contributed by atoms with Crippen LogP contribution in [0.3, 0.4) is 0 Å². The average Bonchev–Trinajstić information content (AvgIpc) is 2.98. The van der Waals surface area contributed by atoms with Crippen LogP contribution in [0.5, 0.6) is 0 Å². The van der Waals surface area contributed by atoms with Gasteiger partial charge < -0.3 is 9.84 Å². The summed E-state index contributed by atoms with van der Waals surface area (Å²) in [6.07, 6.45) is 0.946. The smallest absolute Gasteiger partial charge is 0.101 e. The number of hydrogen-bond donors (Lipinski definition) is 1. The molecule has 17 heavy (non-hydrogen) atoms. The monoisotopic (exact) mass is 248 g/mol. The van der Waals surface area contributed by atoms with E-state index in [4.69, 9.17) is 4.74 Å². The maximum absolute atomic E-state index is 10.7. The number of hydrogen-bond acceptors (Lipinski definition) is 3. The highest BCUT2D eigenvalue weighted by Gasteiger charge is 2.37. The molecule has 2 nitrogen and oxygen atoms in total. The van der Waals surface area contributed by atoms with Crippen LogP contribution in [0.4, 0.5) is 0 Å². The molecule has 2 aromatic rings. The molecule has 0 spiro atoms. The molecule has 3 heteroatoms. The summed E-state index contributed by atoms with van der Waals surface area (Å²) in [6.45, 7) is 3.35.